The van der Waals surface area contributed by atoms with Crippen molar-refractivity contribution < 1.29 is 10.2 Å². The van der Waals surface area contributed by atoms with Crippen LogP contribution in [0.3, 0.4) is 0 Å². The molecule has 0 radical (unpaired) electrons. The highest BCUT2D eigenvalue weighted by Crippen LogP contribution is 2.72. The first-order valence-electron chi connectivity index (χ1n) is 13.4. The largest absolute Gasteiger partial charge is 0.392 e. The van der Waals surface area contributed by atoms with Crippen LogP contribution in [0.5, 0.6) is 0 Å². The van der Waals surface area contributed by atoms with E-state index >= 15 is 0 Å². The van der Waals surface area contributed by atoms with E-state index in [0.29, 0.717) is 23.2 Å². The van der Waals surface area contributed by atoms with Crippen molar-refractivity contribution in [3.05, 3.63) is 23.3 Å². The Hall–Kier alpha value is -0.600. The van der Waals surface area contributed by atoms with Crippen LogP contribution in [-0.2, 0) is 0 Å². The normalized spacial score (nSPS) is 48.3. The predicted molar refractivity (Wildman–Crippen MR) is 127 cm³/mol. The Morgan fingerprint density at radius 1 is 1.03 bits per heavy atom. The van der Waals surface area contributed by atoms with Gasteiger partial charge in [0.25, 0.3) is 0 Å². The highest BCUT2D eigenvalue weighted by atomic mass is 16.3. The number of rotatable bonds is 4. The van der Waals surface area contributed by atoms with E-state index in [4.69, 9.17) is 0 Å². The predicted octanol–water partition coefficient (Wildman–Crippen LogP) is 6.67. The topological polar surface area (TPSA) is 40.5 Å². The molecule has 0 bridgehead atoms. The summed E-state index contributed by atoms with van der Waals surface area (Å²) >= 11 is 0. The van der Waals surface area contributed by atoms with Gasteiger partial charge in [-0.15, -0.1) is 0 Å². The monoisotopic (exact) mass is 426 g/mol. The summed E-state index contributed by atoms with van der Waals surface area (Å²) in [6.45, 7) is 12.0. The van der Waals surface area contributed by atoms with E-state index in [1.807, 2.05) is 0 Å². The van der Waals surface area contributed by atoms with Crippen LogP contribution in [0.4, 0.5) is 0 Å². The Kier molecular flexibility index (Phi) is 5.34. The van der Waals surface area contributed by atoms with E-state index in [2.05, 4.69) is 46.8 Å². The zero-order chi connectivity index (χ0) is 22.2. The van der Waals surface area contributed by atoms with Crippen molar-refractivity contribution in [1.82, 2.24) is 0 Å². The van der Waals surface area contributed by atoms with Crippen LogP contribution in [0.1, 0.15) is 98.8 Å². The summed E-state index contributed by atoms with van der Waals surface area (Å²) in [7, 11) is 0. The average Bonchev–Trinajstić information content (AvgIpc) is 3.42. The molecule has 0 amide bonds. The second-order valence-electron chi connectivity index (χ2n) is 13.1. The Morgan fingerprint density at radius 2 is 1.77 bits per heavy atom. The van der Waals surface area contributed by atoms with Crippen LogP contribution < -0.4 is 0 Å². The minimum atomic E-state index is -0.305. The summed E-state index contributed by atoms with van der Waals surface area (Å²) in [4.78, 5) is 0. The third kappa shape index (κ3) is 3.17. The number of aliphatic hydroxyl groups is 2. The number of aliphatic hydroxyl groups excluding tert-OH is 2. The molecule has 0 aliphatic heterocycles. The second-order valence-corrected chi connectivity index (χ2v) is 13.1. The third-order valence-corrected chi connectivity index (χ3v) is 11.3. The molecule has 31 heavy (non-hydrogen) atoms. The van der Waals surface area contributed by atoms with Crippen molar-refractivity contribution in [1.29, 1.82) is 0 Å². The molecule has 2 unspecified atom stereocenters. The summed E-state index contributed by atoms with van der Waals surface area (Å²) < 4.78 is 0. The van der Waals surface area contributed by atoms with E-state index in [-0.39, 0.29) is 23.0 Å². The fraction of sp³-hybridized carbons (Fsp3) is 0.862. The average molecular weight is 427 g/mol. The lowest BCUT2D eigenvalue weighted by Crippen LogP contribution is -2.56. The standard InChI is InChI=1S/C29H46O2/c1-18(2)7-6-8-19(3)20-9-10-21-26-22(11-13-27(20,21)4)28(5)14-12-25(31)29(15-16-29)24(28)17-23(26)30/h7,17,19-23,25-26,30-31H,6,8-16H2,1-5H3/t19-,20-,21+,22+,23?,25?,26+,27-,28-/m1/s1. The van der Waals surface area contributed by atoms with Gasteiger partial charge in [-0.1, -0.05) is 44.1 Å². The molecule has 5 aliphatic rings. The van der Waals surface area contributed by atoms with Gasteiger partial charge in [0, 0.05) is 5.41 Å². The Bertz CT molecular complexity index is 772. The zero-order valence-corrected chi connectivity index (χ0v) is 20.7. The van der Waals surface area contributed by atoms with Gasteiger partial charge in [0.2, 0.25) is 0 Å². The van der Waals surface area contributed by atoms with Crippen LogP contribution in [-0.4, -0.2) is 22.4 Å². The molecule has 9 atom stereocenters. The Morgan fingerprint density at radius 3 is 2.45 bits per heavy atom. The van der Waals surface area contributed by atoms with Crippen molar-refractivity contribution in [2.75, 3.05) is 0 Å². The number of fused-ring (bicyclic) bond motifs is 6. The van der Waals surface area contributed by atoms with Crippen LogP contribution in [0.15, 0.2) is 23.3 Å². The Balaban J connectivity index is 1.41. The zero-order valence-electron chi connectivity index (χ0n) is 20.7. The van der Waals surface area contributed by atoms with Crippen molar-refractivity contribution in [2.45, 2.75) is 111 Å². The minimum absolute atomic E-state index is 0.0252. The van der Waals surface area contributed by atoms with Crippen molar-refractivity contribution in [2.24, 2.45) is 45.8 Å². The van der Waals surface area contributed by atoms with Gasteiger partial charge in [-0.2, -0.15) is 0 Å². The lowest BCUT2D eigenvalue weighted by molar-refractivity contribution is -0.105. The fourth-order valence-electron chi connectivity index (χ4n) is 9.58. The molecule has 0 heterocycles. The number of hydrogen-bond acceptors (Lipinski definition) is 2. The number of hydrogen-bond donors (Lipinski definition) is 2. The first kappa shape index (κ1) is 22.2. The maximum absolute atomic E-state index is 11.5. The molecular formula is C29H46O2. The molecule has 0 aromatic rings. The van der Waals surface area contributed by atoms with Crippen molar-refractivity contribution in [3.63, 3.8) is 0 Å². The molecule has 5 aliphatic carbocycles. The summed E-state index contributed by atoms with van der Waals surface area (Å²) in [5.41, 5.74) is 3.52. The third-order valence-electron chi connectivity index (χ3n) is 11.3. The molecule has 4 saturated carbocycles. The molecule has 4 fully saturated rings. The quantitative estimate of drug-likeness (QED) is 0.493. The first-order valence-corrected chi connectivity index (χ1v) is 13.4. The highest BCUT2D eigenvalue weighted by molar-refractivity contribution is 5.38. The van der Waals surface area contributed by atoms with E-state index in [1.54, 1.807) is 0 Å². The molecule has 5 rings (SSSR count). The van der Waals surface area contributed by atoms with Crippen molar-refractivity contribution >= 4 is 0 Å². The molecule has 2 nitrogen and oxygen atoms in total. The summed E-state index contributed by atoms with van der Waals surface area (Å²) in [5, 5.41) is 22.3. The molecule has 0 saturated heterocycles. The van der Waals surface area contributed by atoms with E-state index in [0.717, 1.165) is 37.5 Å². The maximum atomic E-state index is 11.5. The van der Waals surface area contributed by atoms with E-state index in [1.165, 1.54) is 49.7 Å². The molecule has 2 N–H and O–H groups in total. The lowest BCUT2D eigenvalue weighted by Gasteiger charge is -2.61. The van der Waals surface area contributed by atoms with E-state index in [9.17, 15) is 10.2 Å². The summed E-state index contributed by atoms with van der Waals surface area (Å²) in [6.07, 6.45) is 16.3. The molecule has 1 spiro atoms. The Labute approximate surface area is 190 Å². The number of allylic oxidation sites excluding steroid dienone is 2. The second kappa shape index (κ2) is 7.45. The SMILES string of the molecule is CC(C)=CCC[C@@H](C)[C@H]1CC[C@H]2[C@@H]3C(O)C=C4C5(CC5)C(O)CC[C@]4(C)[C@H]3CC[C@]12C. The molecule has 174 valence electrons. The van der Waals surface area contributed by atoms with Crippen molar-refractivity contribution in [3.8, 4) is 0 Å². The molecule has 2 heteroatoms. The van der Waals surface area contributed by atoms with Crippen LogP contribution in [0.25, 0.3) is 0 Å². The van der Waals surface area contributed by atoms with Gasteiger partial charge in [-0.05, 0) is 118 Å². The van der Waals surface area contributed by atoms with Gasteiger partial charge in [-0.3, -0.25) is 0 Å². The van der Waals surface area contributed by atoms with Crippen LogP contribution in [0, 0.1) is 45.8 Å². The minimum Gasteiger partial charge on any atom is -0.392 e. The maximum Gasteiger partial charge on any atom is 0.0757 e. The first-order chi connectivity index (χ1) is 14.6. The summed E-state index contributed by atoms with van der Waals surface area (Å²) in [6, 6.07) is 0. The van der Waals surface area contributed by atoms with Gasteiger partial charge < -0.3 is 10.2 Å². The molecule has 0 aromatic heterocycles. The van der Waals surface area contributed by atoms with Gasteiger partial charge in [0.15, 0.2) is 0 Å². The van der Waals surface area contributed by atoms with Gasteiger partial charge in [0.1, 0.15) is 0 Å². The highest BCUT2D eigenvalue weighted by Gasteiger charge is 2.66. The van der Waals surface area contributed by atoms with Crippen LogP contribution in [0.2, 0.25) is 0 Å². The van der Waals surface area contributed by atoms with Gasteiger partial charge in [-0.25, -0.2) is 0 Å². The molecule has 0 aromatic carbocycles. The summed E-state index contributed by atoms with van der Waals surface area (Å²) in [5.74, 6) is 3.26. The molecular weight excluding hydrogens is 380 g/mol. The van der Waals surface area contributed by atoms with Gasteiger partial charge in [0.05, 0.1) is 12.2 Å². The lowest BCUT2D eigenvalue weighted by atomic mass is 9.45. The fourth-order valence-corrected chi connectivity index (χ4v) is 9.58. The van der Waals surface area contributed by atoms with Gasteiger partial charge >= 0.3 is 0 Å². The smallest absolute Gasteiger partial charge is 0.0757 e. The van der Waals surface area contributed by atoms with Crippen LogP contribution >= 0.6 is 0 Å². The van der Waals surface area contributed by atoms with E-state index < -0.39 is 0 Å².